The Kier molecular flexibility index (Phi) is 5.36. The molecule has 1 atom stereocenters. The molecule has 1 aliphatic rings. The molecular weight excluding hydrogens is 366 g/mol. The van der Waals surface area contributed by atoms with Crippen LogP contribution in [0.2, 0.25) is 0 Å². The normalized spacial score (nSPS) is 16.6. The smallest absolute Gasteiger partial charge is 0.240 e. The number of hydrogen-bond acceptors (Lipinski definition) is 4. The lowest BCUT2D eigenvalue weighted by Crippen LogP contribution is -2.40. The highest BCUT2D eigenvalue weighted by atomic mass is 16.5. The SMILES string of the molecule is COc1ccc2[nH]cc(C(=O)CNC3CCN(Cc4ccc(C)cc4)C3=O)c2c1. The van der Waals surface area contributed by atoms with Crippen LogP contribution in [0.4, 0.5) is 0 Å². The first kappa shape index (κ1) is 19.2. The average Bonchev–Trinajstić information content (AvgIpc) is 3.31. The Hall–Kier alpha value is -3.12. The molecule has 3 aromatic rings. The van der Waals surface area contributed by atoms with E-state index in [1.807, 2.05) is 30.0 Å². The predicted molar refractivity (Wildman–Crippen MR) is 112 cm³/mol. The van der Waals surface area contributed by atoms with Crippen LogP contribution in [0.25, 0.3) is 10.9 Å². The number of methoxy groups -OCH3 is 1. The molecule has 2 N–H and O–H groups in total. The minimum absolute atomic E-state index is 0.0470. The lowest BCUT2D eigenvalue weighted by Gasteiger charge is -2.17. The molecule has 1 aliphatic heterocycles. The van der Waals surface area contributed by atoms with E-state index in [0.717, 1.165) is 16.5 Å². The zero-order valence-corrected chi connectivity index (χ0v) is 16.7. The number of aromatic amines is 1. The Labute approximate surface area is 169 Å². The minimum atomic E-state index is -0.316. The molecule has 0 aliphatic carbocycles. The second kappa shape index (κ2) is 8.09. The maximum Gasteiger partial charge on any atom is 0.240 e. The van der Waals surface area contributed by atoms with E-state index >= 15 is 0 Å². The van der Waals surface area contributed by atoms with Crippen molar-refractivity contribution in [2.45, 2.75) is 25.9 Å². The third kappa shape index (κ3) is 4.03. The van der Waals surface area contributed by atoms with E-state index in [2.05, 4.69) is 34.6 Å². The Morgan fingerprint density at radius 3 is 2.79 bits per heavy atom. The number of rotatable bonds is 7. The van der Waals surface area contributed by atoms with Gasteiger partial charge in [0.2, 0.25) is 5.91 Å². The third-order valence-electron chi connectivity index (χ3n) is 5.49. The number of benzene rings is 2. The van der Waals surface area contributed by atoms with Crippen LogP contribution in [0.1, 0.15) is 27.9 Å². The standard InChI is InChI=1S/C23H25N3O3/c1-15-3-5-16(6-4-15)14-26-10-9-21(23(26)28)25-13-22(27)19-12-24-20-8-7-17(29-2)11-18(19)20/h3-8,11-12,21,24-25H,9-10,13-14H2,1-2H3. The van der Waals surface area contributed by atoms with Crippen molar-refractivity contribution in [2.24, 2.45) is 0 Å². The number of Topliss-reactive ketones (excluding diaryl/α,β-unsaturated/α-hetero) is 1. The molecule has 0 radical (unpaired) electrons. The fourth-order valence-corrected chi connectivity index (χ4v) is 3.77. The number of ether oxygens (including phenoxy) is 1. The first-order valence-corrected chi connectivity index (χ1v) is 9.81. The van der Waals surface area contributed by atoms with Gasteiger partial charge in [0.05, 0.1) is 19.7 Å². The van der Waals surface area contributed by atoms with E-state index < -0.39 is 0 Å². The number of hydrogen-bond donors (Lipinski definition) is 2. The zero-order chi connectivity index (χ0) is 20.4. The van der Waals surface area contributed by atoms with Gasteiger partial charge in [-0.2, -0.15) is 0 Å². The van der Waals surface area contributed by atoms with Gasteiger partial charge in [0.15, 0.2) is 5.78 Å². The number of ketones is 1. The van der Waals surface area contributed by atoms with Crippen molar-refractivity contribution in [2.75, 3.05) is 20.2 Å². The molecule has 29 heavy (non-hydrogen) atoms. The highest BCUT2D eigenvalue weighted by Crippen LogP contribution is 2.24. The van der Waals surface area contributed by atoms with Gasteiger partial charge < -0.3 is 14.6 Å². The quantitative estimate of drug-likeness (QED) is 0.607. The molecule has 1 fully saturated rings. The Balaban J connectivity index is 1.37. The van der Waals surface area contributed by atoms with E-state index in [-0.39, 0.29) is 24.3 Å². The molecule has 2 aromatic carbocycles. The number of aryl methyl sites for hydroxylation is 1. The van der Waals surface area contributed by atoms with Gasteiger partial charge in [-0.1, -0.05) is 29.8 Å². The molecule has 6 heteroatoms. The van der Waals surface area contributed by atoms with Crippen molar-refractivity contribution in [3.8, 4) is 5.75 Å². The van der Waals surface area contributed by atoms with Gasteiger partial charge in [-0.3, -0.25) is 14.9 Å². The predicted octanol–water partition coefficient (Wildman–Crippen LogP) is 3.06. The monoisotopic (exact) mass is 391 g/mol. The summed E-state index contributed by atoms with van der Waals surface area (Å²) in [6, 6.07) is 13.5. The van der Waals surface area contributed by atoms with E-state index in [9.17, 15) is 9.59 Å². The fourth-order valence-electron chi connectivity index (χ4n) is 3.77. The van der Waals surface area contributed by atoms with Crippen LogP contribution in [0, 0.1) is 6.92 Å². The van der Waals surface area contributed by atoms with E-state index in [0.29, 0.717) is 30.8 Å². The van der Waals surface area contributed by atoms with E-state index in [4.69, 9.17) is 4.74 Å². The maximum absolute atomic E-state index is 12.7. The van der Waals surface area contributed by atoms with Crippen molar-refractivity contribution >= 4 is 22.6 Å². The van der Waals surface area contributed by atoms with Gasteiger partial charge in [0.1, 0.15) is 5.75 Å². The lowest BCUT2D eigenvalue weighted by molar-refractivity contribution is -0.129. The molecule has 1 unspecified atom stereocenters. The number of nitrogens with one attached hydrogen (secondary N) is 2. The van der Waals surface area contributed by atoms with Gasteiger partial charge in [-0.05, 0) is 37.1 Å². The van der Waals surface area contributed by atoms with Gasteiger partial charge in [0.25, 0.3) is 0 Å². The van der Waals surface area contributed by atoms with E-state index in [1.54, 1.807) is 13.3 Å². The van der Waals surface area contributed by atoms with Crippen molar-refractivity contribution in [1.29, 1.82) is 0 Å². The fraction of sp³-hybridized carbons (Fsp3) is 0.304. The summed E-state index contributed by atoms with van der Waals surface area (Å²) in [4.78, 5) is 30.4. The summed E-state index contributed by atoms with van der Waals surface area (Å²) in [5, 5.41) is 3.98. The molecule has 0 saturated carbocycles. The minimum Gasteiger partial charge on any atom is -0.497 e. The summed E-state index contributed by atoms with van der Waals surface area (Å²) in [5.41, 5.74) is 3.81. The summed E-state index contributed by atoms with van der Waals surface area (Å²) in [6.45, 7) is 3.47. The second-order valence-corrected chi connectivity index (χ2v) is 7.50. The van der Waals surface area contributed by atoms with Crippen molar-refractivity contribution in [3.63, 3.8) is 0 Å². The van der Waals surface area contributed by atoms with Gasteiger partial charge in [0, 0.05) is 35.8 Å². The summed E-state index contributed by atoms with van der Waals surface area (Å²) >= 11 is 0. The van der Waals surface area contributed by atoms with Crippen molar-refractivity contribution < 1.29 is 14.3 Å². The molecule has 1 saturated heterocycles. The highest BCUT2D eigenvalue weighted by molar-refractivity contribution is 6.09. The summed E-state index contributed by atoms with van der Waals surface area (Å²) in [7, 11) is 1.60. The summed E-state index contributed by atoms with van der Waals surface area (Å²) in [5.74, 6) is 0.713. The number of aromatic nitrogens is 1. The van der Waals surface area contributed by atoms with Crippen LogP contribution in [-0.2, 0) is 11.3 Å². The first-order chi connectivity index (χ1) is 14.0. The molecule has 150 valence electrons. The molecule has 1 aromatic heterocycles. The molecule has 4 rings (SSSR count). The van der Waals surface area contributed by atoms with Crippen LogP contribution in [0.5, 0.6) is 5.75 Å². The highest BCUT2D eigenvalue weighted by Gasteiger charge is 2.31. The topological polar surface area (TPSA) is 74.4 Å². The van der Waals surface area contributed by atoms with Crippen LogP contribution >= 0.6 is 0 Å². The van der Waals surface area contributed by atoms with Gasteiger partial charge in [-0.25, -0.2) is 0 Å². The Morgan fingerprint density at radius 1 is 1.24 bits per heavy atom. The van der Waals surface area contributed by atoms with Crippen LogP contribution in [0.3, 0.4) is 0 Å². The number of likely N-dealkylation sites (tertiary alicyclic amines) is 1. The largest absolute Gasteiger partial charge is 0.497 e. The number of amides is 1. The number of nitrogens with zero attached hydrogens (tertiary/aromatic N) is 1. The molecule has 2 heterocycles. The Bertz CT molecular complexity index is 1040. The Morgan fingerprint density at radius 2 is 2.03 bits per heavy atom. The third-order valence-corrected chi connectivity index (χ3v) is 5.49. The van der Waals surface area contributed by atoms with Gasteiger partial charge >= 0.3 is 0 Å². The molecule has 0 spiro atoms. The van der Waals surface area contributed by atoms with Crippen LogP contribution in [0.15, 0.2) is 48.7 Å². The molecule has 0 bridgehead atoms. The number of H-pyrrole nitrogens is 1. The first-order valence-electron chi connectivity index (χ1n) is 9.81. The zero-order valence-electron chi connectivity index (χ0n) is 16.7. The van der Waals surface area contributed by atoms with Crippen LogP contribution < -0.4 is 10.1 Å². The number of carbonyl (C=O) groups is 2. The lowest BCUT2D eigenvalue weighted by atomic mass is 10.1. The van der Waals surface area contributed by atoms with Crippen molar-refractivity contribution in [3.05, 3.63) is 65.4 Å². The summed E-state index contributed by atoms with van der Waals surface area (Å²) in [6.07, 6.45) is 2.42. The molecule has 1 amide bonds. The van der Waals surface area contributed by atoms with Gasteiger partial charge in [-0.15, -0.1) is 0 Å². The number of carbonyl (C=O) groups excluding carboxylic acids is 2. The second-order valence-electron chi connectivity index (χ2n) is 7.50. The molecular formula is C23H25N3O3. The average molecular weight is 391 g/mol. The van der Waals surface area contributed by atoms with E-state index in [1.165, 1.54) is 5.56 Å². The summed E-state index contributed by atoms with van der Waals surface area (Å²) < 4.78 is 5.26. The molecule has 6 nitrogen and oxygen atoms in total. The number of fused-ring (bicyclic) bond motifs is 1. The van der Waals surface area contributed by atoms with Crippen molar-refractivity contribution in [1.82, 2.24) is 15.2 Å². The van der Waals surface area contributed by atoms with Crippen LogP contribution in [-0.4, -0.2) is 47.8 Å². The maximum atomic E-state index is 12.7.